The van der Waals surface area contributed by atoms with Gasteiger partial charge in [-0.25, -0.2) is 24.9 Å². The van der Waals surface area contributed by atoms with Crippen molar-refractivity contribution in [1.29, 1.82) is 0 Å². The molecule has 0 atom stereocenters. The lowest BCUT2D eigenvalue weighted by Crippen LogP contribution is -2.14. The van der Waals surface area contributed by atoms with Crippen molar-refractivity contribution in [3.8, 4) is 113 Å². The van der Waals surface area contributed by atoms with E-state index in [9.17, 15) is 0 Å². The van der Waals surface area contributed by atoms with Gasteiger partial charge in [-0.1, -0.05) is 232 Å². The molecule has 0 bridgehead atoms. The van der Waals surface area contributed by atoms with E-state index in [1.165, 1.54) is 27.8 Å². The molecule has 2 heterocycles. The maximum atomic E-state index is 5.32. The second-order valence-corrected chi connectivity index (χ2v) is 18.1. The fraction of sp³-hybridized carbons (Fsp3) is 0.0469. The van der Waals surface area contributed by atoms with Gasteiger partial charge < -0.3 is 0 Å². The first-order valence-corrected chi connectivity index (χ1v) is 23.4. The molecule has 9 aromatic carbocycles. The molecule has 0 N–H and O–H groups in total. The summed E-state index contributed by atoms with van der Waals surface area (Å²) in [4.78, 5) is 26.1. The number of hydrogen-bond donors (Lipinski definition) is 0. The van der Waals surface area contributed by atoms with Crippen molar-refractivity contribution in [2.24, 2.45) is 0 Å². The second-order valence-electron chi connectivity index (χ2n) is 18.1. The minimum absolute atomic E-state index is 0.165. The molecule has 0 aliphatic heterocycles. The van der Waals surface area contributed by atoms with E-state index in [2.05, 4.69) is 220 Å². The highest BCUT2D eigenvalue weighted by molar-refractivity contribution is 5.91. The summed E-state index contributed by atoms with van der Waals surface area (Å²) in [5.74, 6) is 2.54. The molecule has 0 fully saturated rings. The second kappa shape index (κ2) is 17.4. The van der Waals surface area contributed by atoms with Crippen LogP contribution in [0.2, 0.25) is 0 Å². The van der Waals surface area contributed by atoms with Gasteiger partial charge in [-0.2, -0.15) is 0 Å². The molecule has 0 spiro atoms. The van der Waals surface area contributed by atoms with Crippen LogP contribution in [0.3, 0.4) is 0 Å². The molecule has 0 amide bonds. The van der Waals surface area contributed by atoms with Crippen LogP contribution < -0.4 is 0 Å². The van der Waals surface area contributed by atoms with E-state index >= 15 is 0 Å². The summed E-state index contributed by atoms with van der Waals surface area (Å²) in [5.41, 5.74) is 19.0. The number of hydrogen-bond acceptors (Lipinski definition) is 5. The Balaban J connectivity index is 0.950. The van der Waals surface area contributed by atoms with Gasteiger partial charge in [-0.15, -0.1) is 0 Å². The Kier molecular flexibility index (Phi) is 10.4. The molecule has 5 nitrogen and oxygen atoms in total. The maximum absolute atomic E-state index is 5.32. The summed E-state index contributed by atoms with van der Waals surface area (Å²) in [7, 11) is 0. The van der Waals surface area contributed by atoms with Crippen LogP contribution in [0.15, 0.2) is 237 Å². The Morgan fingerprint density at radius 2 is 0.623 bits per heavy atom. The van der Waals surface area contributed by atoms with Gasteiger partial charge in [0.2, 0.25) is 0 Å². The van der Waals surface area contributed by atoms with Gasteiger partial charge in [0, 0.05) is 38.8 Å². The van der Waals surface area contributed by atoms with E-state index in [0.717, 1.165) is 72.6 Å². The van der Waals surface area contributed by atoms with Crippen molar-refractivity contribution < 1.29 is 0 Å². The summed E-state index contributed by atoms with van der Waals surface area (Å²) in [5, 5.41) is 0. The summed E-state index contributed by atoms with van der Waals surface area (Å²) in [6.45, 7) is 4.61. The predicted octanol–water partition coefficient (Wildman–Crippen LogP) is 16.0. The van der Waals surface area contributed by atoms with Gasteiger partial charge in [-0.05, 0) is 73.8 Å². The Hall–Kier alpha value is -8.93. The van der Waals surface area contributed by atoms with Crippen LogP contribution >= 0.6 is 0 Å². The Morgan fingerprint density at radius 3 is 1.26 bits per heavy atom. The monoisotopic (exact) mass is 883 g/mol. The molecule has 0 unspecified atom stereocenters. The van der Waals surface area contributed by atoms with E-state index in [0.29, 0.717) is 23.3 Å². The van der Waals surface area contributed by atoms with Crippen LogP contribution in [0.25, 0.3) is 113 Å². The molecule has 0 saturated carbocycles. The topological polar surface area (TPSA) is 64.5 Å². The minimum atomic E-state index is -0.165. The standard InChI is InChI=1S/C64H45N5/c1-64(2)55-29-13-12-27-53(55)59-54(28-16-30-56(59)64)63-68-61(48-37-33-45(34-38-48)43-19-8-4-9-20-43)67-62(69-63)52-26-15-24-50(40-52)49-23-14-25-51(39-49)58-41-57(65-60(66-58)47-21-10-5-11-22-47)46-35-31-44(32-36-46)42-17-6-3-7-18-42/h3-41H,1-2H3. The zero-order valence-electron chi connectivity index (χ0n) is 38.3. The van der Waals surface area contributed by atoms with Crippen molar-refractivity contribution in [1.82, 2.24) is 24.9 Å². The number of benzene rings is 9. The van der Waals surface area contributed by atoms with Crippen LogP contribution in [0.4, 0.5) is 0 Å². The number of fused-ring (bicyclic) bond motifs is 3. The average Bonchev–Trinajstić information content (AvgIpc) is 3.67. The zero-order valence-corrected chi connectivity index (χ0v) is 38.3. The number of rotatable bonds is 9. The van der Waals surface area contributed by atoms with E-state index in [1.54, 1.807) is 0 Å². The van der Waals surface area contributed by atoms with Gasteiger partial charge in [0.1, 0.15) is 0 Å². The molecular formula is C64H45N5. The Labute approximate surface area is 402 Å². The first kappa shape index (κ1) is 41.5. The molecule has 1 aliphatic carbocycles. The number of aromatic nitrogens is 5. The van der Waals surface area contributed by atoms with Gasteiger partial charge in [0.05, 0.1) is 11.4 Å². The third-order valence-electron chi connectivity index (χ3n) is 13.4. The van der Waals surface area contributed by atoms with E-state index in [-0.39, 0.29) is 5.41 Å². The highest BCUT2D eigenvalue weighted by atomic mass is 15.0. The van der Waals surface area contributed by atoms with Gasteiger partial charge in [-0.3, -0.25) is 0 Å². The van der Waals surface area contributed by atoms with Gasteiger partial charge in [0.15, 0.2) is 23.3 Å². The average molecular weight is 884 g/mol. The molecule has 69 heavy (non-hydrogen) atoms. The van der Waals surface area contributed by atoms with Crippen molar-refractivity contribution in [2.75, 3.05) is 0 Å². The summed E-state index contributed by atoms with van der Waals surface area (Å²) in [6.07, 6.45) is 0. The predicted molar refractivity (Wildman–Crippen MR) is 282 cm³/mol. The van der Waals surface area contributed by atoms with E-state index < -0.39 is 0 Å². The molecular weight excluding hydrogens is 839 g/mol. The highest BCUT2D eigenvalue weighted by Gasteiger charge is 2.37. The lowest BCUT2D eigenvalue weighted by atomic mass is 9.82. The molecule has 5 heteroatoms. The summed E-state index contributed by atoms with van der Waals surface area (Å²) < 4.78 is 0. The Morgan fingerprint density at radius 1 is 0.246 bits per heavy atom. The van der Waals surface area contributed by atoms with Crippen LogP contribution in [0.1, 0.15) is 25.0 Å². The van der Waals surface area contributed by atoms with Crippen molar-refractivity contribution in [3.63, 3.8) is 0 Å². The molecule has 12 rings (SSSR count). The van der Waals surface area contributed by atoms with Crippen molar-refractivity contribution >= 4 is 0 Å². The van der Waals surface area contributed by atoms with Gasteiger partial charge in [0.25, 0.3) is 0 Å². The third kappa shape index (κ3) is 7.90. The van der Waals surface area contributed by atoms with Crippen LogP contribution in [-0.2, 0) is 5.41 Å². The van der Waals surface area contributed by atoms with Crippen LogP contribution in [-0.4, -0.2) is 24.9 Å². The molecule has 0 radical (unpaired) electrons. The first-order valence-electron chi connectivity index (χ1n) is 23.4. The lowest BCUT2D eigenvalue weighted by Gasteiger charge is -2.21. The summed E-state index contributed by atoms with van der Waals surface area (Å²) in [6, 6.07) is 82.7. The highest BCUT2D eigenvalue weighted by Crippen LogP contribution is 2.51. The van der Waals surface area contributed by atoms with Crippen LogP contribution in [0.5, 0.6) is 0 Å². The lowest BCUT2D eigenvalue weighted by molar-refractivity contribution is 0.660. The Bertz CT molecular complexity index is 3660. The first-order chi connectivity index (χ1) is 33.9. The SMILES string of the molecule is CC1(C)c2ccccc2-c2c(-c3nc(-c4ccc(-c5ccccc5)cc4)nc(-c4cccc(-c5cccc(-c6cc(-c7ccc(-c8ccccc8)cc7)nc(-c7ccccc7)n6)c5)c4)n3)cccc21. The summed E-state index contributed by atoms with van der Waals surface area (Å²) >= 11 is 0. The minimum Gasteiger partial charge on any atom is -0.228 e. The normalized spacial score (nSPS) is 12.3. The van der Waals surface area contributed by atoms with Gasteiger partial charge >= 0.3 is 0 Å². The molecule has 11 aromatic rings. The fourth-order valence-corrected chi connectivity index (χ4v) is 9.76. The van der Waals surface area contributed by atoms with Crippen LogP contribution in [0, 0.1) is 0 Å². The maximum Gasteiger partial charge on any atom is 0.164 e. The van der Waals surface area contributed by atoms with E-state index in [4.69, 9.17) is 24.9 Å². The molecule has 2 aromatic heterocycles. The zero-order chi connectivity index (χ0) is 46.3. The van der Waals surface area contributed by atoms with Crippen molar-refractivity contribution in [3.05, 3.63) is 248 Å². The smallest absolute Gasteiger partial charge is 0.164 e. The molecule has 0 saturated heterocycles. The number of nitrogens with zero attached hydrogens (tertiary/aromatic N) is 5. The van der Waals surface area contributed by atoms with Crippen molar-refractivity contribution in [2.45, 2.75) is 19.3 Å². The molecule has 326 valence electrons. The van der Waals surface area contributed by atoms with E-state index in [1.807, 2.05) is 30.3 Å². The largest absolute Gasteiger partial charge is 0.228 e. The third-order valence-corrected chi connectivity index (χ3v) is 13.4. The fourth-order valence-electron chi connectivity index (χ4n) is 9.76. The molecule has 1 aliphatic rings. The quantitative estimate of drug-likeness (QED) is 0.144.